The predicted octanol–water partition coefficient (Wildman–Crippen LogP) is 2.61. The molecule has 102 valence electrons. The summed E-state index contributed by atoms with van der Waals surface area (Å²) in [6.45, 7) is 3.88. The smallest absolute Gasteiger partial charge is 0.414 e. The van der Waals surface area contributed by atoms with Crippen molar-refractivity contribution in [2.24, 2.45) is 0 Å². The minimum Gasteiger partial charge on any atom is -0.481 e. The lowest BCUT2D eigenvalue weighted by Gasteiger charge is -2.37. The first-order chi connectivity index (χ1) is 9.06. The van der Waals surface area contributed by atoms with E-state index in [-0.39, 0.29) is 6.04 Å². The molecule has 5 heteroatoms. The molecular weight excluding hydrogens is 246 g/mol. The Balaban J connectivity index is 2.44. The number of rotatable bonds is 2. The fourth-order valence-corrected chi connectivity index (χ4v) is 2.52. The number of benzene rings is 1. The molecule has 1 aromatic carbocycles. The van der Waals surface area contributed by atoms with E-state index in [0.29, 0.717) is 24.3 Å². The van der Waals surface area contributed by atoms with E-state index < -0.39 is 18.0 Å². The lowest BCUT2D eigenvalue weighted by atomic mass is 9.86. The number of hydrogen-bond donors (Lipinski definition) is 1. The molecule has 0 bridgehead atoms. The van der Waals surface area contributed by atoms with E-state index in [1.807, 2.05) is 6.92 Å². The van der Waals surface area contributed by atoms with Crippen LogP contribution < -0.4 is 4.90 Å². The first-order valence-corrected chi connectivity index (χ1v) is 6.34. The molecule has 0 aromatic heterocycles. The molecule has 0 spiro atoms. The number of amides is 1. The summed E-state index contributed by atoms with van der Waals surface area (Å²) in [7, 11) is 0. The average Bonchev–Trinajstić information content (AvgIpc) is 2.37. The Labute approximate surface area is 111 Å². The summed E-state index contributed by atoms with van der Waals surface area (Å²) in [6, 6.07) is 6.90. The molecule has 0 saturated heterocycles. The molecule has 5 nitrogen and oxygen atoms in total. The monoisotopic (exact) mass is 263 g/mol. The van der Waals surface area contributed by atoms with Crippen molar-refractivity contribution in [3.63, 3.8) is 0 Å². The van der Waals surface area contributed by atoms with E-state index >= 15 is 0 Å². The highest BCUT2D eigenvalue weighted by molar-refractivity contribution is 5.92. The van der Waals surface area contributed by atoms with Crippen molar-refractivity contribution >= 4 is 17.7 Å². The topological polar surface area (TPSA) is 66.8 Å². The van der Waals surface area contributed by atoms with E-state index in [9.17, 15) is 14.7 Å². The van der Waals surface area contributed by atoms with E-state index in [1.165, 1.54) is 4.90 Å². The van der Waals surface area contributed by atoms with E-state index in [1.54, 1.807) is 31.2 Å². The second-order valence-corrected chi connectivity index (χ2v) is 4.60. The molecule has 1 amide bonds. The van der Waals surface area contributed by atoms with Crippen LogP contribution >= 0.6 is 0 Å². The Morgan fingerprint density at radius 2 is 2.11 bits per heavy atom. The number of carbonyl (C=O) groups excluding carboxylic acids is 1. The van der Waals surface area contributed by atoms with Crippen LogP contribution in [0.3, 0.4) is 0 Å². The summed E-state index contributed by atoms with van der Waals surface area (Å²) in [6.07, 6.45) is -0.0307. The highest BCUT2D eigenvalue weighted by Crippen LogP contribution is 2.38. The molecule has 1 heterocycles. The summed E-state index contributed by atoms with van der Waals surface area (Å²) in [5, 5.41) is 9.30. The van der Waals surface area contributed by atoms with Crippen LogP contribution in [-0.4, -0.2) is 29.8 Å². The molecule has 2 atom stereocenters. The van der Waals surface area contributed by atoms with Gasteiger partial charge in [0, 0.05) is 6.04 Å². The zero-order chi connectivity index (χ0) is 14.0. The van der Waals surface area contributed by atoms with Crippen molar-refractivity contribution in [2.45, 2.75) is 32.2 Å². The number of ether oxygens (including phenoxy) is 1. The second-order valence-electron chi connectivity index (χ2n) is 4.60. The fraction of sp³-hybridized carbons (Fsp3) is 0.429. The molecule has 19 heavy (non-hydrogen) atoms. The summed E-state index contributed by atoms with van der Waals surface area (Å²) < 4.78 is 5.04. The van der Waals surface area contributed by atoms with Crippen LogP contribution in [0, 0.1) is 0 Å². The van der Waals surface area contributed by atoms with Gasteiger partial charge in [-0.1, -0.05) is 18.2 Å². The molecule has 0 aliphatic carbocycles. The number of carbonyl (C=O) groups is 2. The van der Waals surface area contributed by atoms with Crippen molar-refractivity contribution in [1.29, 1.82) is 0 Å². The van der Waals surface area contributed by atoms with Gasteiger partial charge in [0.15, 0.2) is 0 Å². The fourth-order valence-electron chi connectivity index (χ4n) is 2.52. The summed E-state index contributed by atoms with van der Waals surface area (Å²) in [5.41, 5.74) is 1.30. The van der Waals surface area contributed by atoms with Gasteiger partial charge < -0.3 is 9.84 Å². The van der Waals surface area contributed by atoms with Crippen molar-refractivity contribution in [1.82, 2.24) is 0 Å². The van der Waals surface area contributed by atoms with Crippen LogP contribution in [0.5, 0.6) is 0 Å². The van der Waals surface area contributed by atoms with Crippen LogP contribution in [0.1, 0.15) is 31.7 Å². The number of fused-ring (bicyclic) bond motifs is 1. The van der Waals surface area contributed by atoms with Gasteiger partial charge in [-0.25, -0.2) is 4.79 Å². The van der Waals surface area contributed by atoms with Gasteiger partial charge in [-0.05, 0) is 31.9 Å². The van der Waals surface area contributed by atoms with Crippen LogP contribution in [0.15, 0.2) is 24.3 Å². The average molecular weight is 263 g/mol. The second kappa shape index (κ2) is 5.30. The third-order valence-corrected chi connectivity index (χ3v) is 3.35. The third kappa shape index (κ3) is 2.41. The number of aliphatic carboxylic acids is 1. The Hall–Kier alpha value is -2.04. The lowest BCUT2D eigenvalue weighted by molar-refractivity contribution is -0.139. The molecule has 1 aliphatic rings. The minimum absolute atomic E-state index is 0.199. The third-order valence-electron chi connectivity index (χ3n) is 3.35. The van der Waals surface area contributed by atoms with Crippen molar-refractivity contribution in [3.8, 4) is 0 Å². The maximum absolute atomic E-state index is 12.0. The van der Waals surface area contributed by atoms with E-state index in [0.717, 1.165) is 0 Å². The zero-order valence-corrected chi connectivity index (χ0v) is 11.0. The normalized spacial score (nSPS) is 21.7. The highest BCUT2D eigenvalue weighted by Gasteiger charge is 2.37. The molecule has 2 unspecified atom stereocenters. The Morgan fingerprint density at radius 3 is 2.74 bits per heavy atom. The Kier molecular flexibility index (Phi) is 3.74. The van der Waals surface area contributed by atoms with Gasteiger partial charge in [0.05, 0.1) is 18.2 Å². The summed E-state index contributed by atoms with van der Waals surface area (Å²) >= 11 is 0. The standard InChI is InChI=1S/C14H17NO4/c1-3-19-14(18)15-9(2)8-11(13(16)17)10-6-4-5-7-12(10)15/h4-7,9,11H,3,8H2,1-2H3,(H,16,17). The van der Waals surface area contributed by atoms with Gasteiger partial charge in [-0.3, -0.25) is 9.69 Å². The van der Waals surface area contributed by atoms with Crippen LogP contribution in [0.2, 0.25) is 0 Å². The molecule has 2 rings (SSSR count). The Morgan fingerprint density at radius 1 is 1.42 bits per heavy atom. The molecule has 0 saturated carbocycles. The number of nitrogens with zero attached hydrogens (tertiary/aromatic N) is 1. The molecular formula is C14H17NO4. The maximum atomic E-state index is 12.0. The van der Waals surface area contributed by atoms with Gasteiger partial charge in [-0.2, -0.15) is 0 Å². The summed E-state index contributed by atoms with van der Waals surface area (Å²) in [5.74, 6) is -1.43. The van der Waals surface area contributed by atoms with Crippen LogP contribution in [-0.2, 0) is 9.53 Å². The first-order valence-electron chi connectivity index (χ1n) is 6.34. The number of carboxylic acid groups (broad SMARTS) is 1. The number of carboxylic acids is 1. The van der Waals surface area contributed by atoms with Gasteiger partial charge in [-0.15, -0.1) is 0 Å². The maximum Gasteiger partial charge on any atom is 0.414 e. The van der Waals surface area contributed by atoms with E-state index in [2.05, 4.69) is 0 Å². The SMILES string of the molecule is CCOC(=O)N1c2ccccc2C(C(=O)O)CC1C. The predicted molar refractivity (Wildman–Crippen MR) is 70.4 cm³/mol. The molecule has 1 N–H and O–H groups in total. The lowest BCUT2D eigenvalue weighted by Crippen LogP contribution is -2.44. The molecule has 1 aromatic rings. The van der Waals surface area contributed by atoms with Crippen molar-refractivity contribution in [2.75, 3.05) is 11.5 Å². The number of hydrogen-bond acceptors (Lipinski definition) is 3. The largest absolute Gasteiger partial charge is 0.481 e. The van der Waals surface area contributed by atoms with Gasteiger partial charge in [0.25, 0.3) is 0 Å². The molecule has 0 radical (unpaired) electrons. The van der Waals surface area contributed by atoms with Crippen LogP contribution in [0.25, 0.3) is 0 Å². The number of anilines is 1. The summed E-state index contributed by atoms with van der Waals surface area (Å²) in [4.78, 5) is 24.9. The zero-order valence-electron chi connectivity index (χ0n) is 11.0. The van der Waals surface area contributed by atoms with Crippen LogP contribution in [0.4, 0.5) is 10.5 Å². The minimum atomic E-state index is -0.859. The molecule has 1 aliphatic heterocycles. The van der Waals surface area contributed by atoms with Gasteiger partial charge in [0.2, 0.25) is 0 Å². The highest BCUT2D eigenvalue weighted by atomic mass is 16.6. The van der Waals surface area contributed by atoms with Crippen molar-refractivity contribution < 1.29 is 19.4 Å². The Bertz CT molecular complexity index is 500. The van der Waals surface area contributed by atoms with Gasteiger partial charge >= 0.3 is 12.1 Å². The first kappa shape index (κ1) is 13.4. The van der Waals surface area contributed by atoms with E-state index in [4.69, 9.17) is 4.74 Å². The quantitative estimate of drug-likeness (QED) is 0.890. The van der Waals surface area contributed by atoms with Gasteiger partial charge in [0.1, 0.15) is 0 Å². The number of para-hydroxylation sites is 1. The van der Waals surface area contributed by atoms with Crippen molar-refractivity contribution in [3.05, 3.63) is 29.8 Å². The molecule has 0 fully saturated rings.